The smallest absolute Gasteiger partial charge is 0.165 e. The van der Waals surface area contributed by atoms with E-state index in [2.05, 4.69) is 155 Å². The van der Waals surface area contributed by atoms with Crippen molar-refractivity contribution < 1.29 is 0 Å². The summed E-state index contributed by atoms with van der Waals surface area (Å²) in [6.07, 6.45) is 0. The van der Waals surface area contributed by atoms with E-state index < -0.39 is 0 Å². The maximum Gasteiger partial charge on any atom is 0.165 e. The molecule has 0 amide bonds. The topological polar surface area (TPSA) is 33.4 Å². The Kier molecular flexibility index (Phi) is 5.51. The zero-order valence-electron chi connectivity index (χ0n) is 26.2. The summed E-state index contributed by atoms with van der Waals surface area (Å²) in [5.74, 6) is 0. The minimum Gasteiger partial charge on any atom is -0.311 e. The van der Waals surface area contributed by atoms with E-state index in [0.29, 0.717) is 0 Å². The number of nitrogens with zero attached hydrogens (tertiary/aromatic N) is 4. The van der Waals surface area contributed by atoms with Crippen LogP contribution in [0.25, 0.3) is 80.7 Å². The van der Waals surface area contributed by atoms with E-state index in [9.17, 15) is 0 Å². The molecule has 0 bridgehead atoms. The van der Waals surface area contributed by atoms with Crippen molar-refractivity contribution in [3.8, 4) is 11.1 Å². The molecule has 0 spiro atoms. The molecule has 5 heteroatoms. The Balaban J connectivity index is 1.18. The molecule has 0 N–H and O–H groups in total. The summed E-state index contributed by atoms with van der Waals surface area (Å²) < 4.78 is 4.97. The first-order valence-electron chi connectivity index (χ1n) is 16.5. The van der Waals surface area contributed by atoms with Crippen molar-refractivity contribution in [2.45, 2.75) is 0 Å². The first-order valence-corrected chi connectivity index (χ1v) is 17.3. The lowest BCUT2D eigenvalue weighted by Gasteiger charge is -2.25. The molecular formula is C44H26N4S. The molecule has 0 saturated heterocycles. The van der Waals surface area contributed by atoms with Gasteiger partial charge in [-0.05, 0) is 77.9 Å². The van der Waals surface area contributed by atoms with Gasteiger partial charge in [-0.25, -0.2) is 9.97 Å². The zero-order valence-corrected chi connectivity index (χ0v) is 27.0. The van der Waals surface area contributed by atoms with E-state index in [1.807, 2.05) is 23.5 Å². The van der Waals surface area contributed by atoms with Gasteiger partial charge in [0.05, 0.1) is 26.8 Å². The highest BCUT2D eigenvalue weighted by atomic mass is 32.1. The third-order valence-electron chi connectivity index (χ3n) is 9.87. The number of thiophene rings is 1. The van der Waals surface area contributed by atoms with Crippen LogP contribution < -0.4 is 4.90 Å². The van der Waals surface area contributed by atoms with Crippen molar-refractivity contribution in [2.24, 2.45) is 0 Å². The fourth-order valence-electron chi connectivity index (χ4n) is 7.70. The summed E-state index contributed by atoms with van der Waals surface area (Å²) in [4.78, 5) is 12.8. The van der Waals surface area contributed by atoms with Gasteiger partial charge in [0.15, 0.2) is 5.65 Å². The summed E-state index contributed by atoms with van der Waals surface area (Å²) in [7, 11) is 0. The van der Waals surface area contributed by atoms with E-state index in [0.717, 1.165) is 50.2 Å². The fourth-order valence-corrected chi connectivity index (χ4v) is 8.94. The lowest BCUT2D eigenvalue weighted by Crippen LogP contribution is -2.09. The van der Waals surface area contributed by atoms with E-state index >= 15 is 0 Å². The molecule has 4 nitrogen and oxygen atoms in total. The molecule has 11 rings (SSSR count). The van der Waals surface area contributed by atoms with Crippen LogP contribution in [0.5, 0.6) is 0 Å². The standard InChI is InChI=1S/C44H26N4S/c1-3-11-29(12-4-1)47(30-13-5-2-6-14-30)31-21-19-27(20-22-31)28-25-35-33-23-24-34-32-15-7-10-18-39(32)49-43(34)42(33)48-41(35)36(26-28)40-44(48)46-38-17-9-8-16-37(38)45-40/h1-26H. The molecule has 4 aromatic heterocycles. The van der Waals surface area contributed by atoms with Crippen molar-refractivity contribution in [1.82, 2.24) is 14.4 Å². The molecule has 49 heavy (non-hydrogen) atoms. The van der Waals surface area contributed by atoms with Crippen molar-refractivity contribution in [1.29, 1.82) is 0 Å². The normalized spacial score (nSPS) is 12.1. The Morgan fingerprint density at radius 2 is 1.06 bits per heavy atom. The van der Waals surface area contributed by atoms with Gasteiger partial charge in [0.1, 0.15) is 5.52 Å². The first-order chi connectivity index (χ1) is 24.3. The van der Waals surface area contributed by atoms with E-state index in [1.54, 1.807) is 0 Å². The molecule has 0 radical (unpaired) electrons. The first kappa shape index (κ1) is 26.7. The molecule has 0 atom stereocenters. The third kappa shape index (κ3) is 3.85. The Morgan fingerprint density at radius 3 is 1.82 bits per heavy atom. The van der Waals surface area contributed by atoms with Crippen LogP contribution in [0.3, 0.4) is 0 Å². The maximum atomic E-state index is 5.27. The van der Waals surface area contributed by atoms with Crippen LogP contribution in [0.15, 0.2) is 158 Å². The molecule has 228 valence electrons. The monoisotopic (exact) mass is 642 g/mol. The second-order valence-corrected chi connectivity index (χ2v) is 13.7. The van der Waals surface area contributed by atoms with Gasteiger partial charge in [-0.15, -0.1) is 11.3 Å². The summed E-state index contributed by atoms with van der Waals surface area (Å²) in [6.45, 7) is 0. The quantitative estimate of drug-likeness (QED) is 0.192. The molecule has 0 fully saturated rings. The van der Waals surface area contributed by atoms with Gasteiger partial charge in [-0.2, -0.15) is 0 Å². The predicted octanol–water partition coefficient (Wildman–Crippen LogP) is 12.3. The Labute approximate surface area is 285 Å². The predicted molar refractivity (Wildman–Crippen MR) is 207 cm³/mol. The van der Waals surface area contributed by atoms with Gasteiger partial charge < -0.3 is 4.90 Å². The Morgan fingerprint density at radius 1 is 0.449 bits per heavy atom. The van der Waals surface area contributed by atoms with Gasteiger partial charge in [-0.1, -0.05) is 91.0 Å². The van der Waals surface area contributed by atoms with Crippen LogP contribution >= 0.6 is 11.3 Å². The zero-order chi connectivity index (χ0) is 32.1. The third-order valence-corrected chi connectivity index (χ3v) is 11.1. The number of fused-ring (bicyclic) bond motifs is 11. The summed E-state index contributed by atoms with van der Waals surface area (Å²) in [5, 5.41) is 6.18. The van der Waals surface area contributed by atoms with Crippen molar-refractivity contribution in [3.05, 3.63) is 158 Å². The minimum atomic E-state index is 0.907. The molecule has 0 unspecified atom stereocenters. The molecule has 0 aliphatic rings. The molecule has 0 aliphatic carbocycles. The summed E-state index contributed by atoms with van der Waals surface area (Å²) in [6, 6.07) is 56.2. The number of hydrogen-bond donors (Lipinski definition) is 0. The number of rotatable bonds is 4. The summed E-state index contributed by atoms with van der Waals surface area (Å²) in [5.41, 5.74) is 11.8. The van der Waals surface area contributed by atoms with Crippen LogP contribution in [-0.2, 0) is 0 Å². The molecule has 0 aliphatic heterocycles. The Hall–Kier alpha value is -6.30. The van der Waals surface area contributed by atoms with Crippen LogP contribution in [0.1, 0.15) is 0 Å². The molecule has 0 saturated carbocycles. The maximum absolute atomic E-state index is 5.27. The number of anilines is 3. The largest absolute Gasteiger partial charge is 0.311 e. The van der Waals surface area contributed by atoms with Crippen LogP contribution in [0.4, 0.5) is 17.1 Å². The number of para-hydroxylation sites is 4. The highest BCUT2D eigenvalue weighted by molar-refractivity contribution is 7.26. The lowest BCUT2D eigenvalue weighted by atomic mass is 9.99. The van der Waals surface area contributed by atoms with E-state index in [-0.39, 0.29) is 0 Å². The number of hydrogen-bond acceptors (Lipinski definition) is 4. The molecular weight excluding hydrogens is 617 g/mol. The van der Waals surface area contributed by atoms with Crippen molar-refractivity contribution in [2.75, 3.05) is 4.90 Å². The summed E-state index contributed by atoms with van der Waals surface area (Å²) >= 11 is 1.86. The van der Waals surface area contributed by atoms with Crippen LogP contribution in [0.2, 0.25) is 0 Å². The molecule has 4 heterocycles. The van der Waals surface area contributed by atoms with Gasteiger partial charge in [-0.3, -0.25) is 4.40 Å². The second-order valence-electron chi connectivity index (χ2n) is 12.6. The van der Waals surface area contributed by atoms with Gasteiger partial charge in [0.2, 0.25) is 0 Å². The van der Waals surface area contributed by atoms with Crippen LogP contribution in [-0.4, -0.2) is 14.4 Å². The second kappa shape index (κ2) is 10.1. The van der Waals surface area contributed by atoms with Gasteiger partial charge in [0, 0.05) is 48.7 Å². The minimum absolute atomic E-state index is 0.907. The van der Waals surface area contributed by atoms with Crippen LogP contribution in [0, 0.1) is 0 Å². The average Bonchev–Trinajstić information content (AvgIpc) is 3.81. The van der Waals surface area contributed by atoms with Gasteiger partial charge >= 0.3 is 0 Å². The SMILES string of the molecule is c1ccc(N(c2ccccc2)c2ccc(-c3cc4c5ccc6c7ccccc7sc6c5n5c6nc7ccccc7nc6c(c3)c45)cc2)cc1. The fraction of sp³-hybridized carbons (Fsp3) is 0. The molecule has 11 aromatic rings. The van der Waals surface area contributed by atoms with Crippen molar-refractivity contribution in [3.63, 3.8) is 0 Å². The lowest BCUT2D eigenvalue weighted by molar-refractivity contribution is 1.28. The number of aromatic nitrogens is 3. The average molecular weight is 643 g/mol. The number of benzene rings is 7. The highest BCUT2D eigenvalue weighted by Gasteiger charge is 2.24. The van der Waals surface area contributed by atoms with E-state index in [1.165, 1.54) is 47.5 Å². The van der Waals surface area contributed by atoms with E-state index in [4.69, 9.17) is 9.97 Å². The Bertz CT molecular complexity index is 3000. The molecule has 7 aromatic carbocycles. The van der Waals surface area contributed by atoms with Crippen molar-refractivity contribution >= 4 is 98.0 Å². The highest BCUT2D eigenvalue weighted by Crippen LogP contribution is 2.46. The van der Waals surface area contributed by atoms with Gasteiger partial charge in [0.25, 0.3) is 0 Å².